The molecule has 16 heavy (non-hydrogen) atoms. The summed E-state index contributed by atoms with van der Waals surface area (Å²) in [4.78, 5) is 17.3. The van der Waals surface area contributed by atoms with Crippen molar-refractivity contribution < 1.29 is 9.90 Å². The average molecular weight is 217 g/mol. The summed E-state index contributed by atoms with van der Waals surface area (Å²) in [6.07, 6.45) is 1.70. The molecule has 1 heterocycles. The van der Waals surface area contributed by atoms with Crippen LogP contribution in [0.25, 0.3) is 6.08 Å². The van der Waals surface area contributed by atoms with Crippen molar-refractivity contribution in [2.75, 3.05) is 7.05 Å². The molecule has 2 rings (SSSR count). The average Bonchev–Trinajstić information content (AvgIpc) is 2.50. The van der Waals surface area contributed by atoms with Gasteiger partial charge in [-0.1, -0.05) is 12.1 Å². The molecule has 0 saturated carbocycles. The van der Waals surface area contributed by atoms with Gasteiger partial charge in [0.2, 0.25) is 0 Å². The van der Waals surface area contributed by atoms with Crippen LogP contribution in [-0.2, 0) is 4.79 Å². The fourth-order valence-electron chi connectivity index (χ4n) is 1.44. The molecule has 0 aliphatic carbocycles. The van der Waals surface area contributed by atoms with E-state index in [-0.39, 0.29) is 11.7 Å². The van der Waals surface area contributed by atoms with Crippen LogP contribution in [0.5, 0.6) is 5.75 Å². The minimum absolute atomic E-state index is 0.106. The van der Waals surface area contributed by atoms with Gasteiger partial charge in [0.1, 0.15) is 17.3 Å². The van der Waals surface area contributed by atoms with Crippen LogP contribution in [0.4, 0.5) is 0 Å². The Bertz CT molecular complexity index is 486. The Morgan fingerprint density at radius 1 is 1.31 bits per heavy atom. The summed E-state index contributed by atoms with van der Waals surface area (Å²) in [6.45, 7) is 1.79. The van der Waals surface area contributed by atoms with Crippen LogP contribution in [0.15, 0.2) is 35.0 Å². The van der Waals surface area contributed by atoms with E-state index in [9.17, 15) is 4.79 Å². The summed E-state index contributed by atoms with van der Waals surface area (Å²) < 4.78 is 0. The number of amidine groups is 1. The van der Waals surface area contributed by atoms with Gasteiger partial charge in [0.05, 0.1) is 0 Å². The Labute approximate surface area is 93.5 Å². The smallest absolute Gasteiger partial charge is 0.277 e. The second-order valence-corrected chi connectivity index (χ2v) is 3.64. The minimum Gasteiger partial charge on any atom is -0.508 e. The molecule has 0 radical (unpaired) electrons. The molecular formula is C12H12N2O2. The van der Waals surface area contributed by atoms with Gasteiger partial charge in [-0.25, -0.2) is 4.99 Å². The molecule has 82 valence electrons. The number of benzene rings is 1. The Balaban J connectivity index is 2.32. The first kappa shape index (κ1) is 10.4. The van der Waals surface area contributed by atoms with Gasteiger partial charge in [-0.3, -0.25) is 9.69 Å². The van der Waals surface area contributed by atoms with Gasteiger partial charge < -0.3 is 5.11 Å². The van der Waals surface area contributed by atoms with Gasteiger partial charge in [-0.15, -0.1) is 0 Å². The van der Waals surface area contributed by atoms with Crippen molar-refractivity contribution in [1.29, 1.82) is 0 Å². The molecule has 1 aromatic rings. The van der Waals surface area contributed by atoms with Crippen molar-refractivity contribution in [2.24, 2.45) is 4.99 Å². The second kappa shape index (κ2) is 3.81. The van der Waals surface area contributed by atoms with Crippen LogP contribution in [0.3, 0.4) is 0 Å². The van der Waals surface area contributed by atoms with E-state index in [1.165, 1.54) is 4.90 Å². The van der Waals surface area contributed by atoms with E-state index >= 15 is 0 Å². The summed E-state index contributed by atoms with van der Waals surface area (Å²) in [5, 5.41) is 9.13. The molecule has 0 fully saturated rings. The van der Waals surface area contributed by atoms with E-state index in [1.807, 2.05) is 0 Å². The van der Waals surface area contributed by atoms with Gasteiger partial charge in [0, 0.05) is 7.05 Å². The third-order valence-electron chi connectivity index (χ3n) is 2.49. The first-order chi connectivity index (χ1) is 7.58. The first-order valence-corrected chi connectivity index (χ1v) is 4.92. The highest BCUT2D eigenvalue weighted by atomic mass is 16.3. The fraction of sp³-hybridized carbons (Fsp3) is 0.167. The molecule has 0 saturated heterocycles. The molecule has 0 unspecified atom stereocenters. The third kappa shape index (κ3) is 1.82. The van der Waals surface area contributed by atoms with Crippen molar-refractivity contribution in [3.8, 4) is 5.75 Å². The maximum absolute atomic E-state index is 11.7. The van der Waals surface area contributed by atoms with E-state index in [1.54, 1.807) is 44.3 Å². The number of rotatable bonds is 1. The fourth-order valence-corrected chi connectivity index (χ4v) is 1.44. The van der Waals surface area contributed by atoms with Gasteiger partial charge in [0.15, 0.2) is 0 Å². The maximum atomic E-state index is 11.7. The molecule has 0 aromatic heterocycles. The summed E-state index contributed by atoms with van der Waals surface area (Å²) in [6, 6.07) is 6.62. The van der Waals surface area contributed by atoms with E-state index in [2.05, 4.69) is 4.99 Å². The van der Waals surface area contributed by atoms with Crippen molar-refractivity contribution in [2.45, 2.75) is 6.92 Å². The minimum atomic E-state index is -0.106. The molecule has 1 aliphatic heterocycles. The lowest BCUT2D eigenvalue weighted by Gasteiger charge is -2.05. The molecule has 1 aromatic carbocycles. The molecule has 1 N–H and O–H groups in total. The number of aliphatic imine (C=N–C) groups is 1. The van der Waals surface area contributed by atoms with Crippen molar-refractivity contribution in [3.05, 3.63) is 35.5 Å². The Kier molecular flexibility index (Phi) is 2.48. The topological polar surface area (TPSA) is 52.9 Å². The van der Waals surface area contributed by atoms with Gasteiger partial charge in [0.25, 0.3) is 5.91 Å². The number of phenols is 1. The molecule has 0 bridgehead atoms. The zero-order valence-corrected chi connectivity index (χ0v) is 9.14. The predicted molar refractivity (Wildman–Crippen MR) is 62.0 cm³/mol. The van der Waals surface area contributed by atoms with Crippen LogP contribution < -0.4 is 0 Å². The summed E-state index contributed by atoms with van der Waals surface area (Å²) >= 11 is 0. The highest BCUT2D eigenvalue weighted by molar-refractivity contribution is 6.13. The van der Waals surface area contributed by atoms with Gasteiger partial charge in [-0.2, -0.15) is 0 Å². The number of carbonyl (C=O) groups excluding carboxylic acids is 1. The Morgan fingerprint density at radius 2 is 1.94 bits per heavy atom. The molecule has 4 heteroatoms. The molecule has 1 amide bonds. The Morgan fingerprint density at radius 3 is 2.44 bits per heavy atom. The zero-order valence-electron chi connectivity index (χ0n) is 9.14. The quantitative estimate of drug-likeness (QED) is 0.574. The van der Waals surface area contributed by atoms with Crippen LogP contribution >= 0.6 is 0 Å². The number of nitrogens with zero attached hydrogens (tertiary/aromatic N) is 2. The van der Waals surface area contributed by atoms with Crippen LogP contribution in [0, 0.1) is 0 Å². The number of hydrogen-bond donors (Lipinski definition) is 1. The number of phenolic OH excluding ortho intramolecular Hbond substituents is 1. The number of hydrogen-bond acceptors (Lipinski definition) is 3. The van der Waals surface area contributed by atoms with Crippen molar-refractivity contribution >= 4 is 17.8 Å². The number of amides is 1. The van der Waals surface area contributed by atoms with Crippen LogP contribution in [-0.4, -0.2) is 28.8 Å². The number of carbonyl (C=O) groups is 1. The largest absolute Gasteiger partial charge is 0.508 e. The van der Waals surface area contributed by atoms with Crippen molar-refractivity contribution in [1.82, 2.24) is 4.90 Å². The monoisotopic (exact) mass is 217 g/mol. The highest BCUT2D eigenvalue weighted by Gasteiger charge is 2.23. The standard InChI is InChI=1S/C12H12N2O2/c1-8-13-11(12(16)14(8)2)7-9-3-5-10(15)6-4-9/h3-7,15H,1-2H3/b11-7+/i12+1. The van der Waals surface area contributed by atoms with Gasteiger partial charge in [-0.05, 0) is 30.7 Å². The summed E-state index contributed by atoms with van der Waals surface area (Å²) in [5.74, 6) is 0.789. The van der Waals surface area contributed by atoms with E-state index in [0.29, 0.717) is 11.5 Å². The van der Waals surface area contributed by atoms with E-state index in [0.717, 1.165) is 5.56 Å². The van der Waals surface area contributed by atoms with Crippen LogP contribution in [0.1, 0.15) is 12.5 Å². The second-order valence-electron chi connectivity index (χ2n) is 3.64. The van der Waals surface area contributed by atoms with Crippen LogP contribution in [0.2, 0.25) is 0 Å². The summed E-state index contributed by atoms with van der Waals surface area (Å²) in [7, 11) is 1.69. The molecule has 4 nitrogen and oxygen atoms in total. The zero-order chi connectivity index (χ0) is 11.7. The normalized spacial score (nSPS) is 18.1. The molecule has 0 spiro atoms. The lowest BCUT2D eigenvalue weighted by molar-refractivity contribution is -0.121. The SMILES string of the molecule is CC1=N/C(=C/c2ccc(O)cc2)[13C](=O)N1C. The Hall–Kier alpha value is -2.10. The lowest BCUT2D eigenvalue weighted by atomic mass is 10.2. The van der Waals surface area contributed by atoms with Gasteiger partial charge >= 0.3 is 0 Å². The van der Waals surface area contributed by atoms with E-state index < -0.39 is 0 Å². The summed E-state index contributed by atoms with van der Waals surface area (Å²) in [5.41, 5.74) is 1.26. The van der Waals surface area contributed by atoms with Crippen molar-refractivity contribution in [3.63, 3.8) is 0 Å². The molecular weight excluding hydrogens is 205 g/mol. The molecule has 1 aliphatic rings. The van der Waals surface area contributed by atoms with E-state index in [4.69, 9.17) is 5.11 Å². The predicted octanol–water partition coefficient (Wildman–Crippen LogP) is 1.62. The molecule has 0 atom stereocenters. The number of aromatic hydroxyl groups is 1. The maximum Gasteiger partial charge on any atom is 0.277 e. The lowest BCUT2D eigenvalue weighted by Crippen LogP contribution is -2.25. The number of likely N-dealkylation sites (N-methyl/N-ethyl adjacent to an activating group) is 1. The first-order valence-electron chi connectivity index (χ1n) is 4.92. The third-order valence-corrected chi connectivity index (χ3v) is 2.49. The highest BCUT2D eigenvalue weighted by Crippen LogP contribution is 2.18.